The van der Waals surface area contributed by atoms with Gasteiger partial charge in [-0.3, -0.25) is 14.9 Å². The number of hydrogen-bond donors (Lipinski definition) is 1. The van der Waals surface area contributed by atoms with Crippen LogP contribution in [0.4, 0.5) is 11.4 Å². The highest BCUT2D eigenvalue weighted by molar-refractivity contribution is 6.07. The number of benzene rings is 2. The SMILES string of the molecule is CC(CC1CCN(C)CC1)c1ccc(NC(=O)c2ccccc2[N+](=O)[O-])cc1. The van der Waals surface area contributed by atoms with Crippen LogP contribution in [0.25, 0.3) is 0 Å². The van der Waals surface area contributed by atoms with Gasteiger partial charge in [0.25, 0.3) is 11.6 Å². The highest BCUT2D eigenvalue weighted by Crippen LogP contribution is 2.30. The van der Waals surface area contributed by atoms with Gasteiger partial charge >= 0.3 is 0 Å². The van der Waals surface area contributed by atoms with Crippen LogP contribution in [0, 0.1) is 16.0 Å². The molecule has 1 amide bonds. The minimum absolute atomic E-state index is 0.0622. The maximum absolute atomic E-state index is 12.4. The first kappa shape index (κ1) is 20.0. The van der Waals surface area contributed by atoms with E-state index >= 15 is 0 Å². The summed E-state index contributed by atoms with van der Waals surface area (Å²) >= 11 is 0. The second-order valence-corrected chi connectivity index (χ2v) is 7.73. The van der Waals surface area contributed by atoms with Crippen molar-refractivity contribution in [1.29, 1.82) is 0 Å². The Kier molecular flexibility index (Phi) is 6.41. The number of nitro groups is 1. The molecule has 3 rings (SSSR count). The second kappa shape index (κ2) is 8.97. The van der Waals surface area contributed by atoms with Gasteiger partial charge in [0.15, 0.2) is 0 Å². The van der Waals surface area contributed by atoms with E-state index in [-0.39, 0.29) is 11.3 Å². The number of likely N-dealkylation sites (tertiary alicyclic amines) is 1. The lowest BCUT2D eigenvalue weighted by molar-refractivity contribution is -0.385. The fourth-order valence-corrected chi connectivity index (χ4v) is 3.85. The van der Waals surface area contributed by atoms with E-state index < -0.39 is 10.8 Å². The van der Waals surface area contributed by atoms with Crippen molar-refractivity contribution < 1.29 is 9.72 Å². The Morgan fingerprint density at radius 1 is 1.18 bits per heavy atom. The van der Waals surface area contributed by atoms with Gasteiger partial charge in [0.1, 0.15) is 5.56 Å². The Hall–Kier alpha value is -2.73. The average molecular weight is 381 g/mol. The fraction of sp³-hybridized carbons (Fsp3) is 0.409. The number of piperidine rings is 1. The summed E-state index contributed by atoms with van der Waals surface area (Å²) in [7, 11) is 2.18. The molecule has 6 heteroatoms. The van der Waals surface area contributed by atoms with Crippen molar-refractivity contribution in [2.45, 2.75) is 32.1 Å². The van der Waals surface area contributed by atoms with E-state index in [2.05, 4.69) is 24.2 Å². The van der Waals surface area contributed by atoms with Gasteiger partial charge in [-0.15, -0.1) is 0 Å². The molecule has 1 aliphatic heterocycles. The Morgan fingerprint density at radius 3 is 2.46 bits per heavy atom. The van der Waals surface area contributed by atoms with Gasteiger partial charge in [-0.1, -0.05) is 31.2 Å². The number of carbonyl (C=O) groups is 1. The predicted octanol–water partition coefficient (Wildman–Crippen LogP) is 4.68. The zero-order valence-electron chi connectivity index (χ0n) is 16.4. The molecule has 0 spiro atoms. The third-order valence-electron chi connectivity index (χ3n) is 5.61. The van der Waals surface area contributed by atoms with Gasteiger partial charge in [-0.05, 0) is 75.0 Å². The van der Waals surface area contributed by atoms with Gasteiger partial charge < -0.3 is 10.2 Å². The molecule has 6 nitrogen and oxygen atoms in total. The van der Waals surface area contributed by atoms with Crippen LogP contribution in [0.2, 0.25) is 0 Å². The Morgan fingerprint density at radius 2 is 1.82 bits per heavy atom. The molecular formula is C22H27N3O3. The number of nitrogens with one attached hydrogen (secondary N) is 1. The molecule has 0 aliphatic carbocycles. The maximum atomic E-state index is 12.4. The number of nitro benzene ring substituents is 1. The van der Waals surface area contributed by atoms with Crippen LogP contribution in [-0.2, 0) is 0 Å². The lowest BCUT2D eigenvalue weighted by Gasteiger charge is -2.30. The molecule has 1 heterocycles. The van der Waals surface area contributed by atoms with Gasteiger partial charge in [0.05, 0.1) is 4.92 Å². The molecule has 0 saturated carbocycles. The molecule has 1 aliphatic rings. The van der Waals surface area contributed by atoms with E-state index in [1.54, 1.807) is 12.1 Å². The molecular weight excluding hydrogens is 354 g/mol. The Balaban J connectivity index is 1.61. The molecule has 1 saturated heterocycles. The van der Waals surface area contributed by atoms with Crippen molar-refractivity contribution in [2.75, 3.05) is 25.5 Å². The molecule has 2 aromatic rings. The number of hydrogen-bond acceptors (Lipinski definition) is 4. The van der Waals surface area contributed by atoms with E-state index in [1.165, 1.54) is 50.0 Å². The largest absolute Gasteiger partial charge is 0.322 e. The summed E-state index contributed by atoms with van der Waals surface area (Å²) in [6.07, 6.45) is 3.69. The number of amides is 1. The molecule has 2 aromatic carbocycles. The van der Waals surface area contributed by atoms with E-state index in [4.69, 9.17) is 0 Å². The second-order valence-electron chi connectivity index (χ2n) is 7.73. The molecule has 1 N–H and O–H groups in total. The van der Waals surface area contributed by atoms with Crippen LogP contribution >= 0.6 is 0 Å². The molecule has 1 atom stereocenters. The molecule has 148 valence electrons. The van der Waals surface area contributed by atoms with Gasteiger partial charge in [-0.2, -0.15) is 0 Å². The minimum Gasteiger partial charge on any atom is -0.322 e. The first-order valence-electron chi connectivity index (χ1n) is 9.77. The first-order chi connectivity index (χ1) is 13.4. The van der Waals surface area contributed by atoms with Crippen molar-refractivity contribution in [3.05, 3.63) is 69.8 Å². The van der Waals surface area contributed by atoms with E-state index in [0.717, 1.165) is 5.92 Å². The number of carbonyl (C=O) groups excluding carboxylic acids is 1. The summed E-state index contributed by atoms with van der Waals surface area (Å²) in [4.78, 5) is 25.4. The number of nitrogens with zero attached hydrogens (tertiary/aromatic N) is 2. The van der Waals surface area contributed by atoms with Crippen LogP contribution in [0.15, 0.2) is 48.5 Å². The predicted molar refractivity (Wildman–Crippen MR) is 111 cm³/mol. The topological polar surface area (TPSA) is 75.5 Å². The highest BCUT2D eigenvalue weighted by Gasteiger charge is 2.21. The summed E-state index contributed by atoms with van der Waals surface area (Å²) in [5, 5.41) is 13.9. The first-order valence-corrected chi connectivity index (χ1v) is 9.77. The molecule has 0 aromatic heterocycles. The van der Waals surface area contributed by atoms with Crippen LogP contribution in [0.1, 0.15) is 48.0 Å². The summed E-state index contributed by atoms with van der Waals surface area (Å²) in [5.74, 6) is 0.761. The summed E-state index contributed by atoms with van der Waals surface area (Å²) in [5.41, 5.74) is 1.76. The monoisotopic (exact) mass is 381 g/mol. The van der Waals surface area contributed by atoms with Crippen molar-refractivity contribution in [3.63, 3.8) is 0 Å². The van der Waals surface area contributed by atoms with Crippen LogP contribution in [0.5, 0.6) is 0 Å². The average Bonchev–Trinajstić information content (AvgIpc) is 2.70. The van der Waals surface area contributed by atoms with Crippen molar-refractivity contribution in [3.8, 4) is 0 Å². The normalized spacial score (nSPS) is 16.5. The number of para-hydroxylation sites is 1. The Labute approximate surface area is 165 Å². The molecule has 1 unspecified atom stereocenters. The van der Waals surface area contributed by atoms with Crippen LogP contribution in [0.3, 0.4) is 0 Å². The van der Waals surface area contributed by atoms with Crippen molar-refractivity contribution in [2.24, 2.45) is 5.92 Å². The smallest absolute Gasteiger partial charge is 0.282 e. The van der Waals surface area contributed by atoms with E-state index in [9.17, 15) is 14.9 Å². The Bertz CT molecular complexity index is 827. The lowest BCUT2D eigenvalue weighted by Crippen LogP contribution is -2.30. The highest BCUT2D eigenvalue weighted by atomic mass is 16.6. The zero-order valence-corrected chi connectivity index (χ0v) is 16.4. The third-order valence-corrected chi connectivity index (χ3v) is 5.61. The number of rotatable bonds is 6. The van der Waals surface area contributed by atoms with Crippen molar-refractivity contribution in [1.82, 2.24) is 4.90 Å². The molecule has 1 fully saturated rings. The van der Waals surface area contributed by atoms with Crippen LogP contribution in [-0.4, -0.2) is 35.9 Å². The van der Waals surface area contributed by atoms with Gasteiger partial charge in [-0.25, -0.2) is 0 Å². The molecule has 0 radical (unpaired) electrons. The van der Waals surface area contributed by atoms with Crippen LogP contribution < -0.4 is 5.32 Å². The maximum Gasteiger partial charge on any atom is 0.282 e. The lowest BCUT2D eigenvalue weighted by atomic mass is 9.85. The number of anilines is 1. The summed E-state index contributed by atoms with van der Waals surface area (Å²) in [6.45, 7) is 4.60. The zero-order chi connectivity index (χ0) is 20.1. The molecule has 0 bridgehead atoms. The van der Waals surface area contributed by atoms with Crippen molar-refractivity contribution >= 4 is 17.3 Å². The van der Waals surface area contributed by atoms with E-state index in [1.807, 2.05) is 24.3 Å². The fourth-order valence-electron chi connectivity index (χ4n) is 3.85. The quantitative estimate of drug-likeness (QED) is 0.582. The summed E-state index contributed by atoms with van der Waals surface area (Å²) in [6, 6.07) is 13.8. The van der Waals surface area contributed by atoms with E-state index in [0.29, 0.717) is 11.6 Å². The summed E-state index contributed by atoms with van der Waals surface area (Å²) < 4.78 is 0. The molecule has 28 heavy (non-hydrogen) atoms. The minimum atomic E-state index is -0.539. The van der Waals surface area contributed by atoms with Gasteiger partial charge in [0, 0.05) is 11.8 Å². The van der Waals surface area contributed by atoms with Gasteiger partial charge in [0.2, 0.25) is 0 Å². The standard InChI is InChI=1S/C22H27N3O3/c1-16(15-17-11-13-24(2)14-12-17)18-7-9-19(10-8-18)23-22(26)20-5-3-4-6-21(20)25(27)28/h3-10,16-17H,11-15H2,1-2H3,(H,23,26). The third kappa shape index (κ3) is 4.95.